The zero-order valence-corrected chi connectivity index (χ0v) is 16.7. The molecule has 1 aliphatic rings. The third-order valence-electron chi connectivity index (χ3n) is 5.09. The van der Waals surface area contributed by atoms with E-state index in [4.69, 9.17) is 4.74 Å². The van der Waals surface area contributed by atoms with Crippen molar-refractivity contribution < 1.29 is 9.53 Å². The van der Waals surface area contributed by atoms with Crippen LogP contribution in [-0.2, 0) is 11.2 Å². The van der Waals surface area contributed by atoms with E-state index in [0.29, 0.717) is 6.42 Å². The maximum absolute atomic E-state index is 12.2. The summed E-state index contributed by atoms with van der Waals surface area (Å²) >= 11 is 1.62. The summed E-state index contributed by atoms with van der Waals surface area (Å²) in [5.74, 6) is 1.90. The smallest absolute Gasteiger partial charge is 0.224 e. The molecule has 0 unspecified atom stereocenters. The SMILES string of the molecule is COc1ccc(-c2cc(N3CCC(NC(=O)Cc4ccsc4)CC3)n[nH]2)cc1. The summed E-state index contributed by atoms with van der Waals surface area (Å²) in [7, 11) is 1.66. The van der Waals surface area contributed by atoms with Crippen molar-refractivity contribution in [3.05, 3.63) is 52.7 Å². The molecule has 3 aromatic rings. The van der Waals surface area contributed by atoms with Crippen LogP contribution in [0.4, 0.5) is 5.82 Å². The second-order valence-corrected chi connectivity index (χ2v) is 7.79. The van der Waals surface area contributed by atoms with Crippen LogP contribution in [0, 0.1) is 0 Å². The molecule has 1 aromatic carbocycles. The molecule has 4 rings (SSSR count). The summed E-state index contributed by atoms with van der Waals surface area (Å²) in [5.41, 5.74) is 3.15. The number of nitrogens with one attached hydrogen (secondary N) is 2. The maximum atomic E-state index is 12.2. The van der Waals surface area contributed by atoms with Crippen molar-refractivity contribution >= 4 is 23.1 Å². The van der Waals surface area contributed by atoms with E-state index >= 15 is 0 Å². The second kappa shape index (κ2) is 8.48. The summed E-state index contributed by atoms with van der Waals surface area (Å²) in [6, 6.07) is 12.3. The quantitative estimate of drug-likeness (QED) is 0.669. The number of rotatable bonds is 6. The molecular weight excluding hydrogens is 372 g/mol. The Balaban J connectivity index is 1.30. The van der Waals surface area contributed by atoms with Gasteiger partial charge in [-0.3, -0.25) is 9.89 Å². The third-order valence-corrected chi connectivity index (χ3v) is 5.83. The molecule has 28 heavy (non-hydrogen) atoms. The van der Waals surface area contributed by atoms with Gasteiger partial charge in [0.05, 0.1) is 19.2 Å². The number of benzene rings is 1. The van der Waals surface area contributed by atoms with Gasteiger partial charge in [-0.15, -0.1) is 0 Å². The van der Waals surface area contributed by atoms with Gasteiger partial charge in [-0.2, -0.15) is 16.4 Å². The van der Waals surface area contributed by atoms with E-state index in [2.05, 4.69) is 26.5 Å². The van der Waals surface area contributed by atoms with Crippen LogP contribution < -0.4 is 15.0 Å². The number of hydrogen-bond donors (Lipinski definition) is 2. The lowest BCUT2D eigenvalue weighted by atomic mass is 10.0. The number of carbonyl (C=O) groups excluding carboxylic acids is 1. The highest BCUT2D eigenvalue weighted by Crippen LogP contribution is 2.25. The van der Waals surface area contributed by atoms with E-state index in [1.54, 1.807) is 18.4 Å². The van der Waals surface area contributed by atoms with Gasteiger partial charge in [-0.05, 0) is 65.1 Å². The molecule has 0 radical (unpaired) electrons. The Hall–Kier alpha value is -2.80. The van der Waals surface area contributed by atoms with Crippen molar-refractivity contribution in [2.45, 2.75) is 25.3 Å². The molecule has 1 aliphatic heterocycles. The minimum Gasteiger partial charge on any atom is -0.497 e. The predicted octanol–water partition coefficient (Wildman–Crippen LogP) is 3.47. The molecule has 1 amide bonds. The first-order valence-electron chi connectivity index (χ1n) is 9.46. The average molecular weight is 397 g/mol. The highest BCUT2D eigenvalue weighted by molar-refractivity contribution is 7.08. The van der Waals surface area contributed by atoms with Gasteiger partial charge in [0.25, 0.3) is 0 Å². The topological polar surface area (TPSA) is 70.2 Å². The lowest BCUT2D eigenvalue weighted by molar-refractivity contribution is -0.121. The molecule has 7 heteroatoms. The normalized spacial score (nSPS) is 14.8. The lowest BCUT2D eigenvalue weighted by Crippen LogP contribution is -2.45. The number of ether oxygens (including phenoxy) is 1. The summed E-state index contributed by atoms with van der Waals surface area (Å²) in [6.07, 6.45) is 2.33. The maximum Gasteiger partial charge on any atom is 0.224 e. The first kappa shape index (κ1) is 18.6. The van der Waals surface area contributed by atoms with Crippen molar-refractivity contribution in [1.82, 2.24) is 15.5 Å². The fraction of sp³-hybridized carbons (Fsp3) is 0.333. The Kier molecular flexibility index (Phi) is 5.62. The zero-order chi connectivity index (χ0) is 19.3. The Labute approximate surface area is 168 Å². The van der Waals surface area contributed by atoms with Gasteiger partial charge < -0.3 is 15.0 Å². The van der Waals surface area contributed by atoms with Gasteiger partial charge in [0.1, 0.15) is 5.75 Å². The standard InChI is InChI=1S/C21H24N4O2S/c1-27-18-4-2-16(3-5-18)19-13-20(24-23-19)25-9-6-17(7-10-25)22-21(26)12-15-8-11-28-14-15/h2-5,8,11,13-14,17H,6-7,9-10,12H2,1H3,(H,22,26)(H,23,24). The molecule has 1 fully saturated rings. The van der Waals surface area contributed by atoms with Gasteiger partial charge in [-0.1, -0.05) is 0 Å². The lowest BCUT2D eigenvalue weighted by Gasteiger charge is -2.32. The van der Waals surface area contributed by atoms with Crippen LogP contribution in [0.15, 0.2) is 47.2 Å². The van der Waals surface area contributed by atoms with Gasteiger partial charge >= 0.3 is 0 Å². The van der Waals surface area contributed by atoms with Gasteiger partial charge in [0, 0.05) is 25.2 Å². The Morgan fingerprint density at radius 2 is 2.07 bits per heavy atom. The Bertz CT molecular complexity index is 897. The van der Waals surface area contributed by atoms with E-state index in [1.807, 2.05) is 41.1 Å². The van der Waals surface area contributed by atoms with Crippen molar-refractivity contribution in [1.29, 1.82) is 0 Å². The summed E-state index contributed by atoms with van der Waals surface area (Å²) in [6.45, 7) is 1.77. The third kappa shape index (κ3) is 4.36. The molecule has 0 aliphatic carbocycles. The first-order chi connectivity index (χ1) is 13.7. The number of piperidine rings is 1. The number of carbonyl (C=O) groups is 1. The summed E-state index contributed by atoms with van der Waals surface area (Å²) in [5, 5.41) is 14.8. The number of thiophene rings is 1. The first-order valence-corrected chi connectivity index (χ1v) is 10.4. The molecule has 0 saturated carbocycles. The number of anilines is 1. The molecule has 0 spiro atoms. The van der Waals surface area contributed by atoms with E-state index in [1.165, 1.54) is 0 Å². The van der Waals surface area contributed by atoms with E-state index in [-0.39, 0.29) is 11.9 Å². The molecular formula is C21H24N4O2S. The number of hydrogen-bond acceptors (Lipinski definition) is 5. The molecule has 0 atom stereocenters. The summed E-state index contributed by atoms with van der Waals surface area (Å²) in [4.78, 5) is 14.5. The number of aromatic nitrogens is 2. The highest BCUT2D eigenvalue weighted by Gasteiger charge is 2.22. The van der Waals surface area contributed by atoms with Crippen molar-refractivity contribution in [2.24, 2.45) is 0 Å². The molecule has 146 valence electrons. The predicted molar refractivity (Wildman–Crippen MR) is 112 cm³/mol. The fourth-order valence-electron chi connectivity index (χ4n) is 3.50. The molecule has 3 heterocycles. The van der Waals surface area contributed by atoms with Crippen LogP contribution in [0.25, 0.3) is 11.3 Å². The molecule has 2 aromatic heterocycles. The number of nitrogens with zero attached hydrogens (tertiary/aromatic N) is 2. The molecule has 0 bridgehead atoms. The number of amides is 1. The molecule has 1 saturated heterocycles. The van der Waals surface area contributed by atoms with Gasteiger partial charge in [-0.25, -0.2) is 0 Å². The van der Waals surface area contributed by atoms with Crippen LogP contribution in [0.5, 0.6) is 5.75 Å². The van der Waals surface area contributed by atoms with Crippen LogP contribution in [0.1, 0.15) is 18.4 Å². The number of methoxy groups -OCH3 is 1. The van der Waals surface area contributed by atoms with E-state index < -0.39 is 0 Å². The second-order valence-electron chi connectivity index (χ2n) is 7.01. The van der Waals surface area contributed by atoms with E-state index in [0.717, 1.165) is 54.3 Å². The van der Waals surface area contributed by atoms with Crippen LogP contribution in [-0.4, -0.2) is 42.3 Å². The van der Waals surface area contributed by atoms with E-state index in [9.17, 15) is 4.79 Å². The van der Waals surface area contributed by atoms with Gasteiger partial charge in [0.15, 0.2) is 5.82 Å². The molecule has 2 N–H and O–H groups in total. The van der Waals surface area contributed by atoms with Crippen molar-refractivity contribution in [2.75, 3.05) is 25.1 Å². The number of aromatic amines is 1. The largest absolute Gasteiger partial charge is 0.497 e. The average Bonchev–Trinajstić information content (AvgIpc) is 3.41. The van der Waals surface area contributed by atoms with Crippen LogP contribution in [0.3, 0.4) is 0 Å². The zero-order valence-electron chi connectivity index (χ0n) is 15.9. The van der Waals surface area contributed by atoms with Gasteiger partial charge in [0.2, 0.25) is 5.91 Å². The van der Waals surface area contributed by atoms with Crippen LogP contribution in [0.2, 0.25) is 0 Å². The highest BCUT2D eigenvalue weighted by atomic mass is 32.1. The van der Waals surface area contributed by atoms with Crippen LogP contribution >= 0.6 is 11.3 Å². The van der Waals surface area contributed by atoms with Crippen molar-refractivity contribution in [3.63, 3.8) is 0 Å². The molecule has 6 nitrogen and oxygen atoms in total. The Morgan fingerprint density at radius 3 is 2.75 bits per heavy atom. The minimum absolute atomic E-state index is 0.110. The monoisotopic (exact) mass is 396 g/mol. The summed E-state index contributed by atoms with van der Waals surface area (Å²) < 4.78 is 5.21. The van der Waals surface area contributed by atoms with Crippen molar-refractivity contribution in [3.8, 4) is 17.0 Å². The minimum atomic E-state index is 0.110. The fourth-order valence-corrected chi connectivity index (χ4v) is 4.17. The number of H-pyrrole nitrogens is 1. The Morgan fingerprint density at radius 1 is 1.29 bits per heavy atom.